The zero-order chi connectivity index (χ0) is 22.7. The molecule has 2 amide bonds. The fourth-order valence-electron chi connectivity index (χ4n) is 3.01. The molecule has 162 valence electrons. The Hall–Kier alpha value is -3.92. The molecule has 0 aliphatic carbocycles. The van der Waals surface area contributed by atoms with E-state index >= 15 is 0 Å². The van der Waals surface area contributed by atoms with Crippen molar-refractivity contribution in [2.45, 2.75) is 20.0 Å². The van der Waals surface area contributed by atoms with Crippen LogP contribution in [0.1, 0.15) is 37.7 Å². The number of fused-ring (bicyclic) bond motifs is 1. The Morgan fingerprint density at radius 1 is 1.03 bits per heavy atom. The molecule has 4 rings (SSSR count). The van der Waals surface area contributed by atoms with Crippen LogP contribution >= 0.6 is 11.6 Å². The van der Waals surface area contributed by atoms with Crippen molar-refractivity contribution >= 4 is 29.2 Å². The molecule has 4 aromatic rings. The van der Waals surface area contributed by atoms with Crippen LogP contribution in [0.2, 0.25) is 5.15 Å². The number of rotatable bonds is 6. The van der Waals surface area contributed by atoms with Gasteiger partial charge in [0.1, 0.15) is 28.7 Å². The molecule has 0 atom stereocenters. The van der Waals surface area contributed by atoms with Crippen LogP contribution in [0.15, 0.2) is 48.9 Å². The molecular weight excluding hydrogens is 437 g/mol. The fraction of sp³-hybridized carbons (Fsp3) is 0.143. The zero-order valence-corrected chi connectivity index (χ0v) is 17.6. The first-order valence-electron chi connectivity index (χ1n) is 9.53. The smallest absolute Gasteiger partial charge is 0.270 e. The Labute approximate surface area is 186 Å². The Morgan fingerprint density at radius 3 is 2.53 bits per heavy atom. The molecule has 3 heterocycles. The average Bonchev–Trinajstić information content (AvgIpc) is 3.26. The van der Waals surface area contributed by atoms with Gasteiger partial charge in [0, 0.05) is 25.4 Å². The molecule has 1 aromatic carbocycles. The van der Waals surface area contributed by atoms with Crippen molar-refractivity contribution < 1.29 is 14.0 Å². The number of carbonyl (C=O) groups excluding carboxylic acids is 2. The molecule has 0 aliphatic heterocycles. The van der Waals surface area contributed by atoms with Crippen LogP contribution in [0, 0.1) is 12.7 Å². The van der Waals surface area contributed by atoms with E-state index in [1.165, 1.54) is 29.2 Å². The maximum absolute atomic E-state index is 13.4. The molecule has 0 bridgehead atoms. The van der Waals surface area contributed by atoms with Gasteiger partial charge in [0.05, 0.1) is 0 Å². The van der Waals surface area contributed by atoms with Gasteiger partial charge in [-0.2, -0.15) is 14.6 Å². The summed E-state index contributed by atoms with van der Waals surface area (Å²) in [5.74, 6) is -1.19. The first kappa shape index (κ1) is 21.3. The molecule has 9 nitrogen and oxygen atoms in total. The van der Waals surface area contributed by atoms with E-state index in [0.717, 1.165) is 11.1 Å². The Kier molecular flexibility index (Phi) is 6.04. The highest BCUT2D eigenvalue weighted by atomic mass is 35.5. The van der Waals surface area contributed by atoms with Gasteiger partial charge < -0.3 is 10.6 Å². The summed E-state index contributed by atoms with van der Waals surface area (Å²) in [5, 5.41) is 9.78. The van der Waals surface area contributed by atoms with Crippen molar-refractivity contribution in [3.63, 3.8) is 0 Å². The summed E-state index contributed by atoms with van der Waals surface area (Å²) >= 11 is 5.87. The number of carbonyl (C=O) groups is 2. The number of hydrogen-bond acceptors (Lipinski definition) is 6. The van der Waals surface area contributed by atoms with E-state index in [2.05, 4.69) is 30.7 Å². The first-order valence-corrected chi connectivity index (χ1v) is 9.91. The van der Waals surface area contributed by atoms with E-state index in [1.54, 1.807) is 31.2 Å². The molecule has 0 aliphatic rings. The van der Waals surface area contributed by atoms with Crippen LogP contribution in [0.3, 0.4) is 0 Å². The van der Waals surface area contributed by atoms with Gasteiger partial charge in [-0.15, -0.1) is 0 Å². The van der Waals surface area contributed by atoms with Gasteiger partial charge >= 0.3 is 0 Å². The quantitative estimate of drug-likeness (QED) is 0.433. The Morgan fingerprint density at radius 2 is 1.78 bits per heavy atom. The maximum atomic E-state index is 13.4. The summed E-state index contributed by atoms with van der Waals surface area (Å²) < 4.78 is 14.7. The minimum atomic E-state index is -0.507. The van der Waals surface area contributed by atoms with Gasteiger partial charge in [-0.05, 0) is 41.8 Å². The van der Waals surface area contributed by atoms with Crippen LogP contribution in [0.4, 0.5) is 4.39 Å². The molecule has 2 N–H and O–H groups in total. The minimum absolute atomic E-state index is 0.00133. The highest BCUT2D eigenvalue weighted by Crippen LogP contribution is 2.11. The molecular formula is C21H17ClFN7O2. The lowest BCUT2D eigenvalue weighted by molar-refractivity contribution is 0.0942. The second kappa shape index (κ2) is 9.06. The van der Waals surface area contributed by atoms with E-state index in [0.29, 0.717) is 10.7 Å². The largest absolute Gasteiger partial charge is 0.347 e. The second-order valence-electron chi connectivity index (χ2n) is 6.93. The van der Waals surface area contributed by atoms with Crippen molar-refractivity contribution in [3.8, 4) is 0 Å². The standard InChI is InChI=1S/C21H17ClFN7O2/c1-12-6-13(2-3-15(12)23)9-25-19(31)16-8-17(30-21(29-16)27-11-28-30)20(32)26-10-14-4-5-24-18(22)7-14/h2-8,11H,9-10H2,1H3,(H,25,31)(H,26,32). The number of nitrogens with one attached hydrogen (secondary N) is 2. The van der Waals surface area contributed by atoms with E-state index in [-0.39, 0.29) is 36.1 Å². The summed E-state index contributed by atoms with van der Waals surface area (Å²) in [6, 6.07) is 9.27. The molecule has 0 radical (unpaired) electrons. The number of amides is 2. The predicted molar refractivity (Wildman–Crippen MR) is 114 cm³/mol. The normalized spacial score (nSPS) is 10.8. The fourth-order valence-corrected chi connectivity index (χ4v) is 3.20. The number of benzene rings is 1. The van der Waals surface area contributed by atoms with Gasteiger partial charge in [0.15, 0.2) is 0 Å². The summed E-state index contributed by atoms with van der Waals surface area (Å²) in [6.07, 6.45) is 2.78. The van der Waals surface area contributed by atoms with Crippen LogP contribution in [-0.4, -0.2) is 36.4 Å². The summed E-state index contributed by atoms with van der Waals surface area (Å²) in [5.41, 5.74) is 2.07. The van der Waals surface area contributed by atoms with Gasteiger partial charge in [0.2, 0.25) is 0 Å². The van der Waals surface area contributed by atoms with Gasteiger partial charge in [0.25, 0.3) is 17.6 Å². The second-order valence-corrected chi connectivity index (χ2v) is 7.32. The van der Waals surface area contributed by atoms with Crippen LogP contribution in [0.25, 0.3) is 5.78 Å². The molecule has 3 aromatic heterocycles. The molecule has 0 saturated heterocycles. The summed E-state index contributed by atoms with van der Waals surface area (Å²) in [6.45, 7) is 2.01. The molecule has 32 heavy (non-hydrogen) atoms. The van der Waals surface area contributed by atoms with Gasteiger partial charge in [-0.1, -0.05) is 23.7 Å². The number of pyridine rings is 1. The van der Waals surface area contributed by atoms with E-state index in [1.807, 2.05) is 0 Å². The maximum Gasteiger partial charge on any atom is 0.270 e. The third-order valence-electron chi connectivity index (χ3n) is 4.64. The van der Waals surface area contributed by atoms with Crippen molar-refractivity contribution in [1.29, 1.82) is 0 Å². The molecule has 0 saturated carbocycles. The Bertz CT molecular complexity index is 1320. The van der Waals surface area contributed by atoms with E-state index in [9.17, 15) is 14.0 Å². The highest BCUT2D eigenvalue weighted by molar-refractivity contribution is 6.29. The minimum Gasteiger partial charge on any atom is -0.347 e. The van der Waals surface area contributed by atoms with E-state index < -0.39 is 11.8 Å². The summed E-state index contributed by atoms with van der Waals surface area (Å²) in [4.78, 5) is 37.5. The lowest BCUT2D eigenvalue weighted by Gasteiger charge is -2.10. The average molecular weight is 454 g/mol. The molecule has 0 fully saturated rings. The summed E-state index contributed by atoms with van der Waals surface area (Å²) in [7, 11) is 0. The lowest BCUT2D eigenvalue weighted by Crippen LogP contribution is -2.28. The highest BCUT2D eigenvalue weighted by Gasteiger charge is 2.18. The number of halogens is 2. The number of aryl methyl sites for hydroxylation is 1. The molecule has 11 heteroatoms. The topological polar surface area (TPSA) is 114 Å². The van der Waals surface area contributed by atoms with Crippen LogP contribution in [0.5, 0.6) is 0 Å². The zero-order valence-electron chi connectivity index (χ0n) is 16.8. The lowest BCUT2D eigenvalue weighted by atomic mass is 10.1. The van der Waals surface area contributed by atoms with Crippen LogP contribution in [-0.2, 0) is 13.1 Å². The van der Waals surface area contributed by atoms with Crippen molar-refractivity contribution in [2.24, 2.45) is 0 Å². The van der Waals surface area contributed by atoms with E-state index in [4.69, 9.17) is 11.6 Å². The predicted octanol–water partition coefficient (Wildman–Crippen LogP) is 2.48. The first-order chi connectivity index (χ1) is 15.4. The number of aromatic nitrogens is 5. The monoisotopic (exact) mass is 453 g/mol. The van der Waals surface area contributed by atoms with Gasteiger partial charge in [-0.3, -0.25) is 9.59 Å². The third kappa shape index (κ3) is 4.70. The van der Waals surface area contributed by atoms with Crippen molar-refractivity contribution in [1.82, 2.24) is 35.2 Å². The van der Waals surface area contributed by atoms with Crippen molar-refractivity contribution in [3.05, 3.63) is 88.0 Å². The molecule has 0 spiro atoms. The van der Waals surface area contributed by atoms with Gasteiger partial charge in [-0.25, -0.2) is 14.4 Å². The number of hydrogen-bond donors (Lipinski definition) is 2. The Balaban J connectivity index is 1.52. The number of nitrogens with zero attached hydrogens (tertiary/aromatic N) is 5. The van der Waals surface area contributed by atoms with Crippen molar-refractivity contribution in [2.75, 3.05) is 0 Å². The third-order valence-corrected chi connectivity index (χ3v) is 4.84. The van der Waals surface area contributed by atoms with Crippen LogP contribution < -0.4 is 10.6 Å². The molecule has 0 unspecified atom stereocenters. The SMILES string of the molecule is Cc1cc(CNC(=O)c2cc(C(=O)NCc3ccnc(Cl)c3)n3ncnc3n2)ccc1F.